The number of nitrogens with zero attached hydrogens (tertiary/aromatic N) is 3. The Morgan fingerprint density at radius 1 is 1.56 bits per heavy atom. The zero-order chi connectivity index (χ0) is 13.0. The summed E-state index contributed by atoms with van der Waals surface area (Å²) in [5, 5.41) is 12.0. The van der Waals surface area contributed by atoms with Gasteiger partial charge in [0.25, 0.3) is 0 Å². The molecule has 2 aromatic heterocycles. The summed E-state index contributed by atoms with van der Waals surface area (Å²) in [7, 11) is 0. The molecule has 0 spiro atoms. The van der Waals surface area contributed by atoms with Crippen molar-refractivity contribution in [2.45, 2.75) is 19.5 Å². The Morgan fingerprint density at radius 2 is 2.39 bits per heavy atom. The number of pyridine rings is 1. The highest BCUT2D eigenvalue weighted by molar-refractivity contribution is 5.87. The first kappa shape index (κ1) is 12.1. The second kappa shape index (κ2) is 5.31. The van der Waals surface area contributed by atoms with Gasteiger partial charge in [-0.1, -0.05) is 0 Å². The predicted molar refractivity (Wildman–Crippen MR) is 66.5 cm³/mol. The van der Waals surface area contributed by atoms with E-state index < -0.39 is 5.97 Å². The standard InChI is InChI=1S/C12H14N4O2/c1-9(7-16-5-4-13-8-16)15-11-3-2-10(6-14-11)12(17)18/h2-6,8-9H,7H2,1H3,(H,14,15)(H,17,18). The fourth-order valence-corrected chi connectivity index (χ4v) is 1.61. The Hall–Kier alpha value is -2.37. The van der Waals surface area contributed by atoms with Crippen LogP contribution >= 0.6 is 0 Å². The van der Waals surface area contributed by atoms with E-state index in [0.717, 1.165) is 6.54 Å². The van der Waals surface area contributed by atoms with Crippen LogP contribution in [0.2, 0.25) is 0 Å². The number of hydrogen-bond acceptors (Lipinski definition) is 4. The number of carboxylic acids is 1. The molecule has 2 heterocycles. The Labute approximate surface area is 104 Å². The molecule has 0 aliphatic carbocycles. The average molecular weight is 246 g/mol. The number of hydrogen-bond donors (Lipinski definition) is 2. The van der Waals surface area contributed by atoms with Crippen molar-refractivity contribution in [1.82, 2.24) is 14.5 Å². The van der Waals surface area contributed by atoms with E-state index in [1.807, 2.05) is 17.7 Å². The number of nitrogens with one attached hydrogen (secondary N) is 1. The van der Waals surface area contributed by atoms with E-state index in [0.29, 0.717) is 5.82 Å². The van der Waals surface area contributed by atoms with Crippen LogP contribution < -0.4 is 5.32 Å². The third-order valence-corrected chi connectivity index (χ3v) is 2.45. The Balaban J connectivity index is 1.94. The third kappa shape index (κ3) is 3.07. The average Bonchev–Trinajstić information content (AvgIpc) is 2.82. The van der Waals surface area contributed by atoms with Crippen molar-refractivity contribution in [3.8, 4) is 0 Å². The van der Waals surface area contributed by atoms with Crippen molar-refractivity contribution in [3.63, 3.8) is 0 Å². The molecule has 0 aliphatic rings. The monoisotopic (exact) mass is 246 g/mol. The number of aromatic carboxylic acids is 1. The lowest BCUT2D eigenvalue weighted by Gasteiger charge is -2.14. The number of carboxylic acid groups (broad SMARTS) is 1. The van der Waals surface area contributed by atoms with E-state index in [9.17, 15) is 4.79 Å². The van der Waals surface area contributed by atoms with Gasteiger partial charge < -0.3 is 15.0 Å². The highest BCUT2D eigenvalue weighted by atomic mass is 16.4. The van der Waals surface area contributed by atoms with Crippen molar-refractivity contribution < 1.29 is 9.90 Å². The summed E-state index contributed by atoms with van der Waals surface area (Å²) in [6.07, 6.45) is 6.71. The lowest BCUT2D eigenvalue weighted by molar-refractivity contribution is 0.0696. The molecule has 2 N–H and O–H groups in total. The van der Waals surface area contributed by atoms with Crippen LogP contribution in [0.4, 0.5) is 5.82 Å². The lowest BCUT2D eigenvalue weighted by Crippen LogP contribution is -2.21. The summed E-state index contributed by atoms with van der Waals surface area (Å²) >= 11 is 0. The number of rotatable bonds is 5. The first-order valence-electron chi connectivity index (χ1n) is 5.57. The van der Waals surface area contributed by atoms with Gasteiger partial charge in [0.05, 0.1) is 11.9 Å². The lowest BCUT2D eigenvalue weighted by atomic mass is 10.2. The molecule has 6 nitrogen and oxygen atoms in total. The summed E-state index contributed by atoms with van der Waals surface area (Å²) in [5.74, 6) is -0.312. The maximum Gasteiger partial charge on any atom is 0.337 e. The summed E-state index contributed by atoms with van der Waals surface area (Å²) in [6.45, 7) is 2.79. The van der Waals surface area contributed by atoms with Gasteiger partial charge in [-0.25, -0.2) is 14.8 Å². The Kier molecular flexibility index (Phi) is 3.57. The molecule has 94 valence electrons. The molecule has 1 unspecified atom stereocenters. The van der Waals surface area contributed by atoms with Gasteiger partial charge >= 0.3 is 5.97 Å². The molecule has 2 rings (SSSR count). The molecule has 0 saturated carbocycles. The molecule has 0 saturated heterocycles. The van der Waals surface area contributed by atoms with Crippen molar-refractivity contribution in [1.29, 1.82) is 0 Å². The number of carbonyl (C=O) groups is 1. The largest absolute Gasteiger partial charge is 0.478 e. The first-order chi connectivity index (χ1) is 8.65. The van der Waals surface area contributed by atoms with Crippen LogP contribution in [0.1, 0.15) is 17.3 Å². The van der Waals surface area contributed by atoms with Gasteiger partial charge in [0.15, 0.2) is 0 Å². The molecule has 0 bridgehead atoms. The molecular formula is C12H14N4O2. The number of anilines is 1. The van der Waals surface area contributed by atoms with E-state index in [1.165, 1.54) is 12.3 Å². The fourth-order valence-electron chi connectivity index (χ4n) is 1.61. The normalized spacial score (nSPS) is 12.1. The minimum atomic E-state index is -0.972. The van der Waals surface area contributed by atoms with Crippen LogP contribution in [0.15, 0.2) is 37.1 Å². The summed E-state index contributed by atoms with van der Waals surface area (Å²) in [5.41, 5.74) is 0.183. The molecule has 0 aromatic carbocycles. The minimum absolute atomic E-state index is 0.169. The topological polar surface area (TPSA) is 80.0 Å². The quantitative estimate of drug-likeness (QED) is 0.835. The first-order valence-corrected chi connectivity index (χ1v) is 5.57. The fraction of sp³-hybridized carbons (Fsp3) is 0.250. The molecule has 2 aromatic rings. The minimum Gasteiger partial charge on any atom is -0.478 e. The van der Waals surface area contributed by atoms with Crippen LogP contribution in [0, 0.1) is 0 Å². The van der Waals surface area contributed by atoms with E-state index in [4.69, 9.17) is 5.11 Å². The number of aromatic nitrogens is 3. The third-order valence-electron chi connectivity index (χ3n) is 2.45. The van der Waals surface area contributed by atoms with Gasteiger partial charge in [0, 0.05) is 31.2 Å². The second-order valence-corrected chi connectivity index (χ2v) is 4.04. The van der Waals surface area contributed by atoms with Crippen molar-refractivity contribution in [2.24, 2.45) is 0 Å². The summed E-state index contributed by atoms with van der Waals surface area (Å²) in [4.78, 5) is 18.7. The smallest absolute Gasteiger partial charge is 0.337 e. The van der Waals surface area contributed by atoms with E-state index in [-0.39, 0.29) is 11.6 Å². The molecular weight excluding hydrogens is 232 g/mol. The van der Waals surface area contributed by atoms with Gasteiger partial charge in [0.1, 0.15) is 5.82 Å². The van der Waals surface area contributed by atoms with Crippen molar-refractivity contribution in [3.05, 3.63) is 42.6 Å². The van der Waals surface area contributed by atoms with Crippen LogP contribution in [0.3, 0.4) is 0 Å². The molecule has 0 amide bonds. The van der Waals surface area contributed by atoms with Crippen molar-refractivity contribution >= 4 is 11.8 Å². The molecule has 1 atom stereocenters. The van der Waals surface area contributed by atoms with E-state index in [2.05, 4.69) is 15.3 Å². The highest BCUT2D eigenvalue weighted by Crippen LogP contribution is 2.07. The zero-order valence-corrected chi connectivity index (χ0v) is 9.95. The molecule has 0 radical (unpaired) electrons. The van der Waals surface area contributed by atoms with E-state index in [1.54, 1.807) is 18.6 Å². The number of imidazole rings is 1. The molecule has 18 heavy (non-hydrogen) atoms. The summed E-state index contributed by atoms with van der Waals surface area (Å²) in [6, 6.07) is 3.36. The highest BCUT2D eigenvalue weighted by Gasteiger charge is 2.06. The molecule has 0 fully saturated rings. The van der Waals surface area contributed by atoms with Gasteiger partial charge in [-0.2, -0.15) is 0 Å². The molecule has 0 aliphatic heterocycles. The van der Waals surface area contributed by atoms with Gasteiger partial charge in [-0.3, -0.25) is 0 Å². The Morgan fingerprint density at radius 3 is 2.94 bits per heavy atom. The van der Waals surface area contributed by atoms with Gasteiger partial charge in [-0.15, -0.1) is 0 Å². The van der Waals surface area contributed by atoms with Crippen LogP contribution in [-0.2, 0) is 6.54 Å². The van der Waals surface area contributed by atoms with Crippen molar-refractivity contribution in [2.75, 3.05) is 5.32 Å². The van der Waals surface area contributed by atoms with Crippen LogP contribution in [0.25, 0.3) is 0 Å². The molecule has 6 heteroatoms. The predicted octanol–water partition coefficient (Wildman–Crippen LogP) is 1.48. The zero-order valence-electron chi connectivity index (χ0n) is 9.95. The van der Waals surface area contributed by atoms with Gasteiger partial charge in [-0.05, 0) is 19.1 Å². The van der Waals surface area contributed by atoms with Crippen LogP contribution in [-0.4, -0.2) is 31.7 Å². The van der Waals surface area contributed by atoms with Crippen LogP contribution in [0.5, 0.6) is 0 Å². The Bertz CT molecular complexity index is 507. The van der Waals surface area contributed by atoms with Gasteiger partial charge in [0.2, 0.25) is 0 Å². The second-order valence-electron chi connectivity index (χ2n) is 4.04. The summed E-state index contributed by atoms with van der Waals surface area (Å²) < 4.78 is 1.96. The maximum absolute atomic E-state index is 10.7. The maximum atomic E-state index is 10.7. The van der Waals surface area contributed by atoms with E-state index >= 15 is 0 Å². The SMILES string of the molecule is CC(Cn1ccnc1)Nc1ccc(C(=O)O)cn1.